The molecule has 5 fully saturated rings. The third-order valence-corrected chi connectivity index (χ3v) is 12.3. The van der Waals surface area contributed by atoms with Gasteiger partial charge in [-0.1, -0.05) is 12.5 Å². The molecule has 3 saturated heterocycles. The standard InChI is InChI=1S/C35H59N3O9/c1-4-20(10-11-37-3)34(44)46-27-15-25-31(43)30-26(42)14-24(18-40)45-33(30)29(21-6-5-7-23(41)13-21)32(25)47-35(27,2)22(17-39)12-19-8-9-28(36)38-16-19/h4,19,21-25,27-33,37-41,43H,5-18,36H2,1-3H3/p+2. The molecular weight excluding hydrogens is 606 g/mol. The second kappa shape index (κ2) is 16.0. The van der Waals surface area contributed by atoms with E-state index in [2.05, 4.69) is 5.32 Å². The molecule has 5 aliphatic rings. The number of carbonyl (C=O) groups excluding carboxylic acids is 2. The van der Waals surface area contributed by atoms with Crippen molar-refractivity contribution in [2.24, 2.45) is 41.2 Å². The van der Waals surface area contributed by atoms with Crippen LogP contribution in [0.3, 0.4) is 0 Å². The highest BCUT2D eigenvalue weighted by atomic mass is 16.6. The van der Waals surface area contributed by atoms with E-state index in [9.17, 15) is 30.0 Å². The van der Waals surface area contributed by atoms with Crippen molar-refractivity contribution in [3.8, 4) is 0 Å². The topological polar surface area (TPSA) is 202 Å². The van der Waals surface area contributed by atoms with E-state index in [4.69, 9.17) is 19.9 Å². The molecule has 12 nitrogen and oxygen atoms in total. The highest BCUT2D eigenvalue weighted by Gasteiger charge is 2.64. The lowest BCUT2D eigenvalue weighted by molar-refractivity contribution is -0.703. The predicted octanol–water partition coefficient (Wildman–Crippen LogP) is -1.27. The number of rotatable bonds is 11. The molecule has 3 heterocycles. The largest absolute Gasteiger partial charge is 0.456 e. The number of esters is 1. The number of hydrogen-bond donors (Lipinski definition) is 7. The van der Waals surface area contributed by atoms with Crippen molar-refractivity contribution < 1.29 is 54.9 Å². The van der Waals surface area contributed by atoms with Gasteiger partial charge in [-0.25, -0.2) is 4.79 Å². The lowest BCUT2D eigenvalue weighted by Gasteiger charge is -2.60. The van der Waals surface area contributed by atoms with Gasteiger partial charge in [0.25, 0.3) is 0 Å². The Morgan fingerprint density at radius 2 is 1.98 bits per heavy atom. The van der Waals surface area contributed by atoms with Crippen molar-refractivity contribution in [3.05, 3.63) is 11.6 Å². The van der Waals surface area contributed by atoms with Crippen LogP contribution in [0.1, 0.15) is 78.1 Å². The highest BCUT2D eigenvalue weighted by molar-refractivity contribution is 5.88. The summed E-state index contributed by atoms with van der Waals surface area (Å²) in [6.07, 6.45) is 3.79. The molecule has 0 spiro atoms. The Labute approximate surface area is 279 Å². The maximum absolute atomic E-state index is 13.7. The maximum Gasteiger partial charge on any atom is 0.334 e. The Morgan fingerprint density at radius 3 is 2.62 bits per heavy atom. The molecule has 14 unspecified atom stereocenters. The van der Waals surface area contributed by atoms with Gasteiger partial charge in [-0.3, -0.25) is 10.5 Å². The van der Waals surface area contributed by atoms with E-state index in [1.165, 1.54) is 0 Å². The smallest absolute Gasteiger partial charge is 0.334 e. The molecule has 0 bridgehead atoms. The summed E-state index contributed by atoms with van der Waals surface area (Å²) in [5.41, 5.74) is 5.62. The lowest BCUT2D eigenvalue weighted by Crippen LogP contribution is -2.95. The number of nitrogens with two attached hydrogens (primary N) is 3. The van der Waals surface area contributed by atoms with Crippen molar-refractivity contribution in [1.29, 1.82) is 0 Å². The first kappa shape index (κ1) is 36.8. The maximum atomic E-state index is 13.7. The summed E-state index contributed by atoms with van der Waals surface area (Å²) in [7, 11) is 1.95. The van der Waals surface area contributed by atoms with Gasteiger partial charge >= 0.3 is 5.97 Å². The highest BCUT2D eigenvalue weighted by Crippen LogP contribution is 2.54. The molecule has 10 N–H and O–H groups in total. The van der Waals surface area contributed by atoms with Crippen LogP contribution >= 0.6 is 0 Å². The summed E-state index contributed by atoms with van der Waals surface area (Å²) in [6, 6.07) is 0. The number of fused-ring (bicyclic) bond motifs is 2. The molecule has 3 aliphatic heterocycles. The fourth-order valence-electron chi connectivity index (χ4n) is 9.56. The number of carbonyl (C=O) groups is 2. The fourth-order valence-corrected chi connectivity index (χ4v) is 9.56. The molecule has 0 aromatic carbocycles. The van der Waals surface area contributed by atoms with E-state index in [-0.39, 0.29) is 55.8 Å². The quantitative estimate of drug-likeness (QED) is 0.103. The summed E-state index contributed by atoms with van der Waals surface area (Å²) in [4.78, 5) is 27.3. The molecule has 2 aliphatic carbocycles. The van der Waals surface area contributed by atoms with Crippen LogP contribution in [0.15, 0.2) is 11.6 Å². The number of aliphatic hydroxyl groups excluding tert-OH is 4. The lowest BCUT2D eigenvalue weighted by atomic mass is 9.57. The van der Waals surface area contributed by atoms with Gasteiger partial charge < -0.3 is 45.3 Å². The minimum absolute atomic E-state index is 0.0247. The fraction of sp³-hybridized carbons (Fsp3) is 0.886. The molecule has 0 amide bonds. The molecule has 5 rings (SSSR count). The Hall–Kier alpha value is -1.48. The van der Waals surface area contributed by atoms with Gasteiger partial charge in [0, 0.05) is 55.1 Å². The average molecular weight is 668 g/mol. The molecule has 12 heteroatoms. The van der Waals surface area contributed by atoms with Crippen molar-refractivity contribution in [2.45, 2.75) is 126 Å². The van der Waals surface area contributed by atoms with Crippen molar-refractivity contribution >= 4 is 11.8 Å². The molecule has 47 heavy (non-hydrogen) atoms. The van der Waals surface area contributed by atoms with Crippen LogP contribution in [0.25, 0.3) is 0 Å². The van der Waals surface area contributed by atoms with E-state index >= 15 is 0 Å². The van der Waals surface area contributed by atoms with Gasteiger partial charge in [-0.05, 0) is 58.3 Å². The van der Waals surface area contributed by atoms with E-state index in [1.54, 1.807) is 6.08 Å². The first-order valence-corrected chi connectivity index (χ1v) is 18.2. The van der Waals surface area contributed by atoms with Gasteiger partial charge in [0.15, 0.2) is 0 Å². The SMILES string of the molecule is CC=C(CC[NH2+]C)C(=O)OC1CC2C(O)C3C(=O)CC(CO)OC3C(C3CCCC(O)C3)C2OC1(C)C(CO)CC1CCC(N)[NH2+]C1. The number of allylic oxidation sites excluding steroid dienone is 1. The predicted molar refractivity (Wildman–Crippen MR) is 171 cm³/mol. The van der Waals surface area contributed by atoms with Gasteiger partial charge in [0.2, 0.25) is 0 Å². The summed E-state index contributed by atoms with van der Waals surface area (Å²) in [5.74, 6) is -2.33. The molecule has 0 aromatic heterocycles. The second-order valence-electron chi connectivity index (χ2n) is 15.3. The summed E-state index contributed by atoms with van der Waals surface area (Å²) >= 11 is 0. The Bertz CT molecular complexity index is 1100. The second-order valence-corrected chi connectivity index (χ2v) is 15.3. The zero-order chi connectivity index (χ0) is 33.9. The third-order valence-electron chi connectivity index (χ3n) is 12.3. The number of hydrogen-bond acceptors (Lipinski definition) is 10. The first-order chi connectivity index (χ1) is 22.5. The van der Waals surface area contributed by atoms with Gasteiger partial charge in [-0.15, -0.1) is 0 Å². The van der Waals surface area contributed by atoms with Crippen LogP contribution in [0.2, 0.25) is 0 Å². The number of aliphatic hydroxyl groups is 4. The van der Waals surface area contributed by atoms with Crippen LogP contribution in [-0.2, 0) is 23.8 Å². The van der Waals surface area contributed by atoms with Crippen molar-refractivity contribution in [2.75, 3.05) is 33.4 Å². The molecule has 14 atom stereocenters. The van der Waals surface area contributed by atoms with Gasteiger partial charge in [-0.2, -0.15) is 0 Å². The molecule has 2 saturated carbocycles. The monoisotopic (exact) mass is 667 g/mol. The Morgan fingerprint density at radius 1 is 1.19 bits per heavy atom. The van der Waals surface area contributed by atoms with Crippen LogP contribution in [-0.4, -0.2) is 114 Å². The zero-order valence-corrected chi connectivity index (χ0v) is 28.5. The number of piperidine rings is 1. The molecule has 268 valence electrons. The van der Waals surface area contributed by atoms with Crippen LogP contribution < -0.4 is 16.4 Å². The summed E-state index contributed by atoms with van der Waals surface area (Å²) < 4.78 is 20.0. The Balaban J connectivity index is 1.52. The first-order valence-electron chi connectivity index (χ1n) is 18.2. The Kier molecular flexibility index (Phi) is 12.6. The number of Topliss-reactive ketones (excluding diaryl/α,β-unsaturated/α-hetero) is 1. The van der Waals surface area contributed by atoms with Crippen molar-refractivity contribution in [3.63, 3.8) is 0 Å². The zero-order valence-electron chi connectivity index (χ0n) is 28.5. The normalized spacial score (nSPS) is 43.5. The molecule has 0 aromatic rings. The molecule has 0 radical (unpaired) electrons. The van der Waals surface area contributed by atoms with Gasteiger partial charge in [0.1, 0.15) is 23.7 Å². The number of quaternary nitrogens is 2. The molecular formula is C35H61N3O9+2. The summed E-state index contributed by atoms with van der Waals surface area (Å²) in [6.45, 7) is 4.85. The average Bonchev–Trinajstić information content (AvgIpc) is 3.05. The third kappa shape index (κ3) is 7.81. The van der Waals surface area contributed by atoms with E-state index in [1.807, 2.05) is 26.2 Å². The van der Waals surface area contributed by atoms with Crippen molar-refractivity contribution in [1.82, 2.24) is 0 Å². The van der Waals surface area contributed by atoms with Crippen LogP contribution in [0.4, 0.5) is 0 Å². The van der Waals surface area contributed by atoms with Crippen LogP contribution in [0, 0.1) is 35.5 Å². The minimum Gasteiger partial charge on any atom is -0.456 e. The van der Waals surface area contributed by atoms with E-state index < -0.39 is 60.0 Å². The number of ketones is 1. The summed E-state index contributed by atoms with van der Waals surface area (Å²) in [5, 5.41) is 47.9. The number of ether oxygens (including phenoxy) is 3. The van der Waals surface area contributed by atoms with E-state index in [0.717, 1.165) is 38.8 Å². The van der Waals surface area contributed by atoms with E-state index in [0.29, 0.717) is 37.2 Å². The minimum atomic E-state index is -1.10. The van der Waals surface area contributed by atoms with Gasteiger partial charge in [0.05, 0.1) is 63.2 Å². The van der Waals surface area contributed by atoms with Crippen LogP contribution in [0.5, 0.6) is 0 Å².